The first kappa shape index (κ1) is 16.8. The van der Waals surface area contributed by atoms with E-state index in [0.29, 0.717) is 18.1 Å². The zero-order chi connectivity index (χ0) is 16.4. The zero-order valence-electron chi connectivity index (χ0n) is 12.9. The van der Waals surface area contributed by atoms with Crippen LogP contribution in [-0.2, 0) is 16.4 Å². The smallest absolute Gasteiger partial charge is 0.154 e. The molecule has 0 amide bonds. The van der Waals surface area contributed by atoms with Crippen molar-refractivity contribution in [3.05, 3.63) is 47.2 Å². The second-order valence-electron chi connectivity index (χ2n) is 5.94. The molecule has 0 unspecified atom stereocenters. The third kappa shape index (κ3) is 4.24. The van der Waals surface area contributed by atoms with Gasteiger partial charge in [-0.05, 0) is 31.5 Å². The van der Waals surface area contributed by atoms with Crippen LogP contribution in [0.1, 0.15) is 19.4 Å². The van der Waals surface area contributed by atoms with Crippen LogP contribution >= 0.6 is 11.6 Å². The van der Waals surface area contributed by atoms with Crippen molar-refractivity contribution in [3.8, 4) is 0 Å². The molecule has 0 aliphatic carbocycles. The van der Waals surface area contributed by atoms with Crippen LogP contribution in [0.2, 0.25) is 5.02 Å². The Labute approximate surface area is 136 Å². The summed E-state index contributed by atoms with van der Waals surface area (Å²) in [5.74, 6) is 0. The standard InChI is InChI=1S/C15H20ClN3O2S/c1-15(2,22(3,20)21)11-17-14-8-18-19(10-14)9-12-4-6-13(16)7-5-12/h4-8,10,17H,9,11H2,1-3H3. The molecule has 0 fully saturated rings. The molecule has 22 heavy (non-hydrogen) atoms. The first-order chi connectivity index (χ1) is 10.2. The molecule has 0 aliphatic heterocycles. The molecule has 0 saturated carbocycles. The van der Waals surface area contributed by atoms with Crippen molar-refractivity contribution in [2.45, 2.75) is 25.1 Å². The van der Waals surface area contributed by atoms with Gasteiger partial charge in [0.1, 0.15) is 0 Å². The Kier molecular flexibility index (Phi) is 4.82. The molecule has 0 aliphatic rings. The number of sulfone groups is 1. The number of nitrogens with one attached hydrogen (secondary N) is 1. The van der Waals surface area contributed by atoms with Gasteiger partial charge >= 0.3 is 0 Å². The van der Waals surface area contributed by atoms with Crippen molar-refractivity contribution < 1.29 is 8.42 Å². The lowest BCUT2D eigenvalue weighted by atomic mass is 10.2. The SMILES string of the molecule is CC(C)(CNc1cnn(Cc2ccc(Cl)cc2)c1)S(C)(=O)=O. The van der Waals surface area contributed by atoms with Crippen LogP contribution < -0.4 is 5.32 Å². The minimum atomic E-state index is -3.12. The Morgan fingerprint density at radius 3 is 2.50 bits per heavy atom. The predicted octanol–water partition coefficient (Wildman–Crippen LogP) is 2.82. The average Bonchev–Trinajstić information content (AvgIpc) is 2.86. The molecule has 1 aromatic heterocycles. The molecule has 0 spiro atoms. The fraction of sp³-hybridized carbons (Fsp3) is 0.400. The molecule has 1 heterocycles. The quantitative estimate of drug-likeness (QED) is 0.877. The van der Waals surface area contributed by atoms with Gasteiger partial charge in [0.2, 0.25) is 0 Å². The van der Waals surface area contributed by atoms with Gasteiger partial charge in [0.05, 0.1) is 23.2 Å². The molecule has 1 aromatic carbocycles. The number of nitrogens with zero attached hydrogens (tertiary/aromatic N) is 2. The second-order valence-corrected chi connectivity index (χ2v) is 9.02. The second kappa shape index (κ2) is 6.30. The maximum Gasteiger partial charge on any atom is 0.154 e. The number of halogens is 1. The fourth-order valence-electron chi connectivity index (χ4n) is 1.76. The summed E-state index contributed by atoms with van der Waals surface area (Å²) in [6.45, 7) is 4.37. The van der Waals surface area contributed by atoms with E-state index in [2.05, 4.69) is 10.4 Å². The van der Waals surface area contributed by atoms with Gasteiger partial charge in [0, 0.05) is 24.0 Å². The third-order valence-electron chi connectivity index (χ3n) is 3.61. The van der Waals surface area contributed by atoms with E-state index < -0.39 is 14.6 Å². The normalized spacial score (nSPS) is 12.4. The minimum Gasteiger partial charge on any atom is -0.381 e. The van der Waals surface area contributed by atoms with Gasteiger partial charge < -0.3 is 5.32 Å². The first-order valence-corrected chi connectivity index (χ1v) is 9.15. The highest BCUT2D eigenvalue weighted by Gasteiger charge is 2.29. The monoisotopic (exact) mass is 341 g/mol. The van der Waals surface area contributed by atoms with E-state index in [1.165, 1.54) is 6.26 Å². The van der Waals surface area contributed by atoms with Gasteiger partial charge in [0.25, 0.3) is 0 Å². The lowest BCUT2D eigenvalue weighted by Gasteiger charge is -2.22. The lowest BCUT2D eigenvalue weighted by Crippen LogP contribution is -2.38. The lowest BCUT2D eigenvalue weighted by molar-refractivity contribution is 0.560. The summed E-state index contributed by atoms with van der Waals surface area (Å²) < 4.78 is 24.3. The van der Waals surface area contributed by atoms with Gasteiger partial charge in [-0.25, -0.2) is 8.42 Å². The van der Waals surface area contributed by atoms with E-state index in [4.69, 9.17) is 11.6 Å². The van der Waals surface area contributed by atoms with Crippen LogP contribution in [0, 0.1) is 0 Å². The maximum atomic E-state index is 11.7. The summed E-state index contributed by atoms with van der Waals surface area (Å²) >= 11 is 5.86. The van der Waals surface area contributed by atoms with E-state index in [1.54, 1.807) is 24.7 Å². The van der Waals surface area contributed by atoms with Crippen molar-refractivity contribution in [2.24, 2.45) is 0 Å². The molecule has 0 saturated heterocycles. The van der Waals surface area contributed by atoms with Gasteiger partial charge in [-0.1, -0.05) is 23.7 Å². The number of rotatable bonds is 6. The van der Waals surface area contributed by atoms with Crippen LogP contribution in [0.25, 0.3) is 0 Å². The van der Waals surface area contributed by atoms with Crippen molar-refractivity contribution in [1.29, 1.82) is 0 Å². The fourth-order valence-corrected chi connectivity index (χ4v) is 2.22. The predicted molar refractivity (Wildman–Crippen MR) is 90.2 cm³/mol. The Hall–Kier alpha value is -1.53. The number of hydrogen-bond acceptors (Lipinski definition) is 4. The summed E-state index contributed by atoms with van der Waals surface area (Å²) in [5.41, 5.74) is 1.89. The van der Waals surface area contributed by atoms with Crippen molar-refractivity contribution >= 4 is 27.1 Å². The maximum absolute atomic E-state index is 11.7. The van der Waals surface area contributed by atoms with E-state index in [-0.39, 0.29) is 0 Å². The summed E-state index contributed by atoms with van der Waals surface area (Å²) in [5, 5.41) is 8.09. The number of aromatic nitrogens is 2. The third-order valence-corrected chi connectivity index (χ3v) is 6.02. The highest BCUT2D eigenvalue weighted by Crippen LogP contribution is 2.17. The van der Waals surface area contributed by atoms with Crippen molar-refractivity contribution in [2.75, 3.05) is 18.1 Å². The number of anilines is 1. The van der Waals surface area contributed by atoms with Crippen LogP contribution in [0.3, 0.4) is 0 Å². The Balaban J connectivity index is 1.99. The number of hydrogen-bond donors (Lipinski definition) is 1. The Morgan fingerprint density at radius 2 is 1.91 bits per heavy atom. The largest absolute Gasteiger partial charge is 0.381 e. The van der Waals surface area contributed by atoms with Crippen LogP contribution in [0.5, 0.6) is 0 Å². The van der Waals surface area contributed by atoms with Gasteiger partial charge in [-0.15, -0.1) is 0 Å². The Morgan fingerprint density at radius 1 is 1.27 bits per heavy atom. The van der Waals surface area contributed by atoms with Crippen LogP contribution in [0.15, 0.2) is 36.7 Å². The average molecular weight is 342 g/mol. The Bertz CT molecular complexity index is 736. The molecule has 0 radical (unpaired) electrons. The molecular weight excluding hydrogens is 322 g/mol. The molecule has 0 atom stereocenters. The van der Waals surface area contributed by atoms with Crippen molar-refractivity contribution in [3.63, 3.8) is 0 Å². The highest BCUT2D eigenvalue weighted by molar-refractivity contribution is 7.92. The molecule has 7 heteroatoms. The summed E-state index contributed by atoms with van der Waals surface area (Å²) in [6, 6.07) is 7.58. The van der Waals surface area contributed by atoms with Crippen molar-refractivity contribution in [1.82, 2.24) is 9.78 Å². The molecule has 1 N–H and O–H groups in total. The summed E-state index contributed by atoms with van der Waals surface area (Å²) in [6.07, 6.45) is 4.79. The molecular formula is C15H20ClN3O2S. The molecule has 120 valence electrons. The van der Waals surface area contributed by atoms with E-state index >= 15 is 0 Å². The molecule has 2 rings (SSSR count). The van der Waals surface area contributed by atoms with Gasteiger partial charge in [-0.2, -0.15) is 5.10 Å². The molecule has 2 aromatic rings. The zero-order valence-corrected chi connectivity index (χ0v) is 14.4. The van der Waals surface area contributed by atoms with Crippen LogP contribution in [-0.4, -0.2) is 35.7 Å². The van der Waals surface area contributed by atoms with E-state index in [9.17, 15) is 8.42 Å². The van der Waals surface area contributed by atoms with E-state index in [1.807, 2.05) is 30.5 Å². The molecule has 5 nitrogen and oxygen atoms in total. The first-order valence-electron chi connectivity index (χ1n) is 6.88. The number of benzene rings is 1. The van der Waals surface area contributed by atoms with Crippen LogP contribution in [0.4, 0.5) is 5.69 Å². The van der Waals surface area contributed by atoms with Gasteiger partial charge in [-0.3, -0.25) is 4.68 Å². The highest BCUT2D eigenvalue weighted by atomic mass is 35.5. The van der Waals surface area contributed by atoms with Gasteiger partial charge in [0.15, 0.2) is 9.84 Å². The summed E-state index contributed by atoms with van der Waals surface area (Å²) in [7, 11) is -3.12. The topological polar surface area (TPSA) is 64.0 Å². The minimum absolute atomic E-state index is 0.332. The molecule has 0 bridgehead atoms. The summed E-state index contributed by atoms with van der Waals surface area (Å²) in [4.78, 5) is 0. The van der Waals surface area contributed by atoms with E-state index in [0.717, 1.165) is 11.3 Å².